The van der Waals surface area contributed by atoms with Gasteiger partial charge in [-0.25, -0.2) is 0 Å². The fourth-order valence-corrected chi connectivity index (χ4v) is 4.49. The molecular weight excluding hydrogens is 408 g/mol. The molecule has 2 aromatic carbocycles. The normalized spacial score (nSPS) is 16.7. The van der Waals surface area contributed by atoms with E-state index in [1.54, 1.807) is 23.8 Å². The molecule has 1 aliphatic heterocycles. The summed E-state index contributed by atoms with van der Waals surface area (Å²) in [6.45, 7) is 0.634. The summed E-state index contributed by atoms with van der Waals surface area (Å²) in [5.74, 6) is 1.45. The maximum Gasteiger partial charge on any atom is 0.269 e. The lowest BCUT2D eigenvalue weighted by Crippen LogP contribution is -2.30. The molecule has 1 fully saturated rings. The Bertz CT molecular complexity index is 813. The van der Waals surface area contributed by atoms with Crippen molar-refractivity contribution >= 4 is 39.3 Å². The van der Waals surface area contributed by atoms with E-state index in [0.29, 0.717) is 12.1 Å². The number of carbonyl (C=O) groups is 1. The number of nitro benzene ring substituents is 1. The monoisotopic (exact) mass is 422 g/mol. The lowest BCUT2D eigenvalue weighted by Gasteiger charge is -2.24. The van der Waals surface area contributed by atoms with Gasteiger partial charge in [-0.1, -0.05) is 6.07 Å². The summed E-state index contributed by atoms with van der Waals surface area (Å²) in [5.41, 5.74) is 1.43. The largest absolute Gasteiger partial charge is 0.496 e. The number of rotatable bonds is 4. The van der Waals surface area contributed by atoms with Crippen LogP contribution in [0.4, 0.5) is 5.69 Å². The molecule has 0 N–H and O–H groups in total. The van der Waals surface area contributed by atoms with Gasteiger partial charge in [0, 0.05) is 30.0 Å². The van der Waals surface area contributed by atoms with Crippen molar-refractivity contribution < 1.29 is 14.5 Å². The van der Waals surface area contributed by atoms with Crippen molar-refractivity contribution in [2.24, 2.45) is 0 Å². The van der Waals surface area contributed by atoms with Gasteiger partial charge in [0.15, 0.2) is 0 Å². The number of methoxy groups -OCH3 is 1. The first kappa shape index (κ1) is 17.8. The number of halogens is 1. The van der Waals surface area contributed by atoms with E-state index < -0.39 is 4.92 Å². The van der Waals surface area contributed by atoms with E-state index in [-0.39, 0.29) is 17.0 Å². The summed E-state index contributed by atoms with van der Waals surface area (Å²) in [4.78, 5) is 24.9. The predicted octanol–water partition coefficient (Wildman–Crippen LogP) is 4.25. The summed E-state index contributed by atoms with van der Waals surface area (Å²) < 4.78 is 6.08. The molecule has 25 heavy (non-hydrogen) atoms. The molecule has 0 unspecified atom stereocenters. The minimum Gasteiger partial charge on any atom is -0.496 e. The van der Waals surface area contributed by atoms with Crippen LogP contribution in [0.3, 0.4) is 0 Å². The fraction of sp³-hybridized carbons (Fsp3) is 0.235. The topological polar surface area (TPSA) is 72.7 Å². The van der Waals surface area contributed by atoms with E-state index >= 15 is 0 Å². The summed E-state index contributed by atoms with van der Waals surface area (Å²) in [6.07, 6.45) is 0. The van der Waals surface area contributed by atoms with Crippen molar-refractivity contribution in [1.29, 1.82) is 0 Å². The van der Waals surface area contributed by atoms with Crippen molar-refractivity contribution in [3.05, 3.63) is 68.2 Å². The van der Waals surface area contributed by atoms with Crippen LogP contribution in [0.15, 0.2) is 46.9 Å². The second-order valence-electron chi connectivity index (χ2n) is 5.42. The van der Waals surface area contributed by atoms with Gasteiger partial charge < -0.3 is 9.64 Å². The molecule has 1 amide bonds. The summed E-state index contributed by atoms with van der Waals surface area (Å²) in [5, 5.41) is 10.7. The molecule has 1 aliphatic rings. The lowest BCUT2D eigenvalue weighted by atomic mass is 10.1. The molecule has 1 atom stereocenters. The van der Waals surface area contributed by atoms with E-state index in [1.165, 1.54) is 24.3 Å². The first-order chi connectivity index (χ1) is 12.0. The van der Waals surface area contributed by atoms with Crippen LogP contribution in [0, 0.1) is 10.1 Å². The van der Waals surface area contributed by atoms with E-state index in [0.717, 1.165) is 21.5 Å². The highest BCUT2D eigenvalue weighted by Crippen LogP contribution is 2.41. The Kier molecular flexibility index (Phi) is 5.29. The van der Waals surface area contributed by atoms with Gasteiger partial charge in [0.25, 0.3) is 11.6 Å². The number of benzene rings is 2. The zero-order valence-electron chi connectivity index (χ0n) is 13.3. The van der Waals surface area contributed by atoms with Crippen LogP contribution in [0.25, 0.3) is 0 Å². The van der Waals surface area contributed by atoms with Crippen LogP contribution in [-0.2, 0) is 0 Å². The van der Waals surface area contributed by atoms with Crippen molar-refractivity contribution in [2.45, 2.75) is 5.37 Å². The molecule has 0 saturated carbocycles. The number of amides is 1. The maximum atomic E-state index is 12.8. The highest BCUT2D eigenvalue weighted by Gasteiger charge is 2.31. The Morgan fingerprint density at radius 1 is 1.32 bits per heavy atom. The highest BCUT2D eigenvalue weighted by molar-refractivity contribution is 9.10. The Balaban J connectivity index is 1.84. The molecule has 3 rings (SSSR count). The lowest BCUT2D eigenvalue weighted by molar-refractivity contribution is -0.384. The zero-order valence-corrected chi connectivity index (χ0v) is 15.7. The van der Waals surface area contributed by atoms with Gasteiger partial charge in [-0.2, -0.15) is 0 Å². The van der Waals surface area contributed by atoms with Crippen LogP contribution < -0.4 is 4.74 Å². The summed E-state index contributed by atoms with van der Waals surface area (Å²) >= 11 is 5.17. The number of nitro groups is 1. The molecule has 0 aromatic heterocycles. The second-order valence-corrected chi connectivity index (χ2v) is 7.46. The number of nitrogens with zero attached hydrogens (tertiary/aromatic N) is 2. The maximum absolute atomic E-state index is 12.8. The van der Waals surface area contributed by atoms with Crippen molar-refractivity contribution in [3.63, 3.8) is 0 Å². The van der Waals surface area contributed by atoms with Gasteiger partial charge in [-0.05, 0) is 45.8 Å². The van der Waals surface area contributed by atoms with Crippen LogP contribution in [0.5, 0.6) is 5.75 Å². The van der Waals surface area contributed by atoms with Gasteiger partial charge in [0.2, 0.25) is 0 Å². The quantitative estimate of drug-likeness (QED) is 0.543. The highest BCUT2D eigenvalue weighted by atomic mass is 79.9. The second kappa shape index (κ2) is 7.45. The molecule has 6 nitrogen and oxygen atoms in total. The number of carbonyl (C=O) groups excluding carboxylic acids is 1. The van der Waals surface area contributed by atoms with Crippen LogP contribution >= 0.6 is 27.7 Å². The van der Waals surface area contributed by atoms with Crippen LogP contribution in [-0.4, -0.2) is 35.1 Å². The Labute approximate surface area is 157 Å². The minimum atomic E-state index is -0.475. The molecule has 0 bridgehead atoms. The molecule has 130 valence electrons. The summed E-state index contributed by atoms with van der Waals surface area (Å²) in [6, 6.07) is 11.5. The number of hydrogen-bond acceptors (Lipinski definition) is 5. The Hall–Kier alpha value is -2.06. The third-order valence-electron chi connectivity index (χ3n) is 3.94. The van der Waals surface area contributed by atoms with Gasteiger partial charge in [0.1, 0.15) is 11.1 Å². The SMILES string of the molecule is COc1ccc([C@H]2SCCN2C(=O)c2ccc([N+](=O)[O-])cc2)cc1Br. The summed E-state index contributed by atoms with van der Waals surface area (Å²) in [7, 11) is 1.61. The fourth-order valence-electron chi connectivity index (χ4n) is 2.68. The molecule has 0 spiro atoms. The average Bonchev–Trinajstić information content (AvgIpc) is 3.10. The molecule has 1 heterocycles. The number of non-ortho nitro benzene ring substituents is 1. The smallest absolute Gasteiger partial charge is 0.269 e. The van der Waals surface area contributed by atoms with Gasteiger partial charge in [0.05, 0.1) is 16.5 Å². The van der Waals surface area contributed by atoms with Crippen molar-refractivity contribution in [1.82, 2.24) is 4.90 Å². The van der Waals surface area contributed by atoms with E-state index in [1.807, 2.05) is 18.2 Å². The third kappa shape index (κ3) is 3.64. The Morgan fingerprint density at radius 3 is 2.64 bits per heavy atom. The molecule has 1 saturated heterocycles. The van der Waals surface area contributed by atoms with E-state index in [2.05, 4.69) is 15.9 Å². The van der Waals surface area contributed by atoms with Gasteiger partial charge in [-0.15, -0.1) is 11.8 Å². The molecule has 0 aliphatic carbocycles. The van der Waals surface area contributed by atoms with Gasteiger partial charge in [-0.3, -0.25) is 14.9 Å². The average molecular weight is 423 g/mol. The third-order valence-corrected chi connectivity index (χ3v) is 5.82. The molecule has 0 radical (unpaired) electrons. The molecular formula is C17H15BrN2O4S. The predicted molar refractivity (Wildman–Crippen MR) is 100 cm³/mol. The Morgan fingerprint density at radius 2 is 2.04 bits per heavy atom. The molecule has 2 aromatic rings. The standard InChI is InChI=1S/C17H15BrN2O4S/c1-24-15-7-4-12(10-14(15)18)17-19(8-9-25-17)16(21)11-2-5-13(6-3-11)20(22)23/h2-7,10,17H,8-9H2,1H3/t17-/m1/s1. The zero-order chi connectivity index (χ0) is 18.0. The molecule has 8 heteroatoms. The first-order valence-corrected chi connectivity index (χ1v) is 9.36. The van der Waals surface area contributed by atoms with Crippen molar-refractivity contribution in [2.75, 3.05) is 19.4 Å². The van der Waals surface area contributed by atoms with Gasteiger partial charge >= 0.3 is 0 Å². The van der Waals surface area contributed by atoms with Crippen LogP contribution in [0.2, 0.25) is 0 Å². The van der Waals surface area contributed by atoms with Crippen LogP contribution in [0.1, 0.15) is 21.3 Å². The first-order valence-electron chi connectivity index (χ1n) is 7.51. The minimum absolute atomic E-state index is 0.0250. The van der Waals surface area contributed by atoms with Crippen molar-refractivity contribution in [3.8, 4) is 5.75 Å². The van der Waals surface area contributed by atoms with E-state index in [9.17, 15) is 14.9 Å². The number of thioether (sulfide) groups is 1. The number of hydrogen-bond donors (Lipinski definition) is 0. The number of ether oxygens (including phenoxy) is 1. The van der Waals surface area contributed by atoms with E-state index in [4.69, 9.17) is 4.74 Å².